The van der Waals surface area contributed by atoms with Gasteiger partial charge in [-0.05, 0) is 35.9 Å². The van der Waals surface area contributed by atoms with E-state index < -0.39 is 0 Å². The minimum absolute atomic E-state index is 0.106. The van der Waals surface area contributed by atoms with Crippen LogP contribution in [0.5, 0.6) is 0 Å². The van der Waals surface area contributed by atoms with Gasteiger partial charge in [-0.25, -0.2) is 0 Å². The Morgan fingerprint density at radius 2 is 2.26 bits per heavy atom. The summed E-state index contributed by atoms with van der Waals surface area (Å²) in [6.07, 6.45) is 4.05. The lowest BCUT2D eigenvalue weighted by atomic mass is 10.2. The summed E-state index contributed by atoms with van der Waals surface area (Å²) in [5.74, 6) is 1.67. The largest absolute Gasteiger partial charge is 0.399 e. The SMILES string of the molecule is Nc1cccc(/C=C/C(=O)NCCSCCCO)c1. The number of hydrogen-bond acceptors (Lipinski definition) is 4. The quantitative estimate of drug-likeness (QED) is 0.383. The van der Waals surface area contributed by atoms with Gasteiger partial charge in [-0.1, -0.05) is 12.1 Å². The van der Waals surface area contributed by atoms with Crippen molar-refractivity contribution in [1.82, 2.24) is 5.32 Å². The van der Waals surface area contributed by atoms with Crippen molar-refractivity contribution < 1.29 is 9.90 Å². The summed E-state index contributed by atoms with van der Waals surface area (Å²) >= 11 is 1.72. The highest BCUT2D eigenvalue weighted by Crippen LogP contribution is 2.07. The number of amides is 1. The highest BCUT2D eigenvalue weighted by molar-refractivity contribution is 7.99. The van der Waals surface area contributed by atoms with E-state index in [0.717, 1.165) is 23.5 Å². The van der Waals surface area contributed by atoms with Crippen molar-refractivity contribution in [3.63, 3.8) is 0 Å². The number of aliphatic hydroxyl groups is 1. The van der Waals surface area contributed by atoms with Gasteiger partial charge < -0.3 is 16.2 Å². The molecule has 1 aromatic rings. The van der Waals surface area contributed by atoms with E-state index in [1.54, 1.807) is 23.9 Å². The fourth-order valence-corrected chi connectivity index (χ4v) is 2.19. The maximum absolute atomic E-state index is 11.5. The first kappa shape index (κ1) is 15.6. The number of nitrogens with one attached hydrogen (secondary N) is 1. The number of hydrogen-bond donors (Lipinski definition) is 3. The van der Waals surface area contributed by atoms with Crippen LogP contribution >= 0.6 is 11.8 Å². The van der Waals surface area contributed by atoms with Crippen molar-refractivity contribution in [2.24, 2.45) is 0 Å². The third kappa shape index (κ3) is 7.54. The topological polar surface area (TPSA) is 75.4 Å². The lowest BCUT2D eigenvalue weighted by Gasteiger charge is -2.02. The van der Waals surface area contributed by atoms with E-state index in [2.05, 4.69) is 5.32 Å². The Balaban J connectivity index is 2.20. The van der Waals surface area contributed by atoms with E-state index in [0.29, 0.717) is 12.2 Å². The molecule has 0 aliphatic rings. The molecule has 19 heavy (non-hydrogen) atoms. The van der Waals surface area contributed by atoms with Crippen LogP contribution in [0.2, 0.25) is 0 Å². The minimum Gasteiger partial charge on any atom is -0.399 e. The first-order valence-corrected chi connectivity index (χ1v) is 7.38. The molecule has 4 nitrogen and oxygen atoms in total. The molecule has 1 aromatic carbocycles. The molecule has 0 aliphatic heterocycles. The van der Waals surface area contributed by atoms with E-state index in [4.69, 9.17) is 10.8 Å². The molecule has 1 amide bonds. The summed E-state index contributed by atoms with van der Waals surface area (Å²) in [6.45, 7) is 0.860. The zero-order chi connectivity index (χ0) is 13.9. The zero-order valence-corrected chi connectivity index (χ0v) is 11.7. The summed E-state index contributed by atoms with van der Waals surface area (Å²) < 4.78 is 0. The van der Waals surface area contributed by atoms with Gasteiger partial charge in [0.15, 0.2) is 0 Å². The van der Waals surface area contributed by atoms with Gasteiger partial charge in [-0.3, -0.25) is 4.79 Å². The fourth-order valence-electron chi connectivity index (χ4n) is 1.41. The molecular weight excluding hydrogens is 260 g/mol. The molecule has 0 bridgehead atoms. The predicted octanol–water partition coefficient (Wildman–Crippen LogP) is 1.51. The standard InChI is InChI=1S/C14H20N2O2S/c15-13-4-1-3-12(11-13)5-6-14(18)16-7-10-19-9-2-8-17/h1,3-6,11,17H,2,7-10,15H2,(H,16,18)/b6-5+. The monoisotopic (exact) mass is 280 g/mol. The van der Waals surface area contributed by atoms with Crippen LogP contribution in [0.25, 0.3) is 6.08 Å². The second-order valence-corrected chi connectivity index (χ2v) is 5.21. The van der Waals surface area contributed by atoms with Gasteiger partial charge in [0.1, 0.15) is 0 Å². The Labute approximate surface area is 118 Å². The van der Waals surface area contributed by atoms with Gasteiger partial charge in [0.05, 0.1) is 0 Å². The number of nitrogens with two attached hydrogens (primary N) is 1. The summed E-state index contributed by atoms with van der Waals surface area (Å²) in [5.41, 5.74) is 7.24. The molecule has 0 atom stereocenters. The molecule has 0 spiro atoms. The Bertz CT molecular complexity index is 422. The molecule has 0 aliphatic carbocycles. The van der Waals surface area contributed by atoms with Gasteiger partial charge in [0.25, 0.3) is 0 Å². The highest BCUT2D eigenvalue weighted by atomic mass is 32.2. The Morgan fingerprint density at radius 3 is 3.00 bits per heavy atom. The first-order valence-electron chi connectivity index (χ1n) is 6.22. The van der Waals surface area contributed by atoms with Gasteiger partial charge in [-0.15, -0.1) is 0 Å². The molecule has 0 saturated heterocycles. The van der Waals surface area contributed by atoms with Crippen molar-refractivity contribution in [1.29, 1.82) is 0 Å². The zero-order valence-electron chi connectivity index (χ0n) is 10.8. The van der Waals surface area contributed by atoms with Crippen LogP contribution in [0.15, 0.2) is 30.3 Å². The first-order chi connectivity index (χ1) is 9.22. The van der Waals surface area contributed by atoms with E-state index in [-0.39, 0.29) is 12.5 Å². The predicted molar refractivity (Wildman–Crippen MR) is 81.9 cm³/mol. The maximum atomic E-state index is 11.5. The average molecular weight is 280 g/mol. The second-order valence-electron chi connectivity index (χ2n) is 3.98. The van der Waals surface area contributed by atoms with Crippen molar-refractivity contribution in [2.45, 2.75) is 6.42 Å². The molecular formula is C14H20N2O2S. The number of carbonyl (C=O) groups is 1. The number of aliphatic hydroxyl groups excluding tert-OH is 1. The smallest absolute Gasteiger partial charge is 0.244 e. The van der Waals surface area contributed by atoms with Gasteiger partial charge >= 0.3 is 0 Å². The van der Waals surface area contributed by atoms with Crippen molar-refractivity contribution >= 4 is 29.4 Å². The fraction of sp³-hybridized carbons (Fsp3) is 0.357. The van der Waals surface area contributed by atoms with Gasteiger partial charge in [0.2, 0.25) is 5.91 Å². The van der Waals surface area contributed by atoms with Crippen LogP contribution in [-0.2, 0) is 4.79 Å². The lowest BCUT2D eigenvalue weighted by Crippen LogP contribution is -2.23. The summed E-state index contributed by atoms with van der Waals surface area (Å²) in [4.78, 5) is 11.5. The van der Waals surface area contributed by atoms with Crippen LogP contribution in [-0.4, -0.2) is 35.7 Å². The molecule has 0 aromatic heterocycles. The number of anilines is 1. The van der Waals surface area contributed by atoms with E-state index in [9.17, 15) is 4.79 Å². The average Bonchev–Trinajstić information content (AvgIpc) is 2.40. The molecule has 0 unspecified atom stereocenters. The molecule has 0 fully saturated rings. The van der Waals surface area contributed by atoms with Crippen molar-refractivity contribution in [3.05, 3.63) is 35.9 Å². The third-order valence-electron chi connectivity index (χ3n) is 2.33. The molecule has 5 heteroatoms. The Kier molecular flexibility index (Phi) is 7.77. The molecule has 1 rings (SSSR count). The summed E-state index contributed by atoms with van der Waals surface area (Å²) in [5, 5.41) is 11.4. The summed E-state index contributed by atoms with van der Waals surface area (Å²) in [7, 11) is 0. The molecule has 0 saturated carbocycles. The van der Waals surface area contributed by atoms with E-state index >= 15 is 0 Å². The Morgan fingerprint density at radius 1 is 1.42 bits per heavy atom. The Hall–Kier alpha value is -1.46. The van der Waals surface area contributed by atoms with Crippen LogP contribution < -0.4 is 11.1 Å². The molecule has 4 N–H and O–H groups in total. The molecule has 0 radical (unpaired) electrons. The van der Waals surface area contributed by atoms with Crippen LogP contribution in [0.4, 0.5) is 5.69 Å². The number of nitrogen functional groups attached to an aromatic ring is 1. The maximum Gasteiger partial charge on any atom is 0.244 e. The third-order valence-corrected chi connectivity index (χ3v) is 3.40. The highest BCUT2D eigenvalue weighted by Gasteiger charge is 1.95. The number of carbonyl (C=O) groups excluding carboxylic acids is 1. The van der Waals surface area contributed by atoms with Crippen LogP contribution in [0, 0.1) is 0 Å². The molecule has 0 heterocycles. The normalized spacial score (nSPS) is 10.8. The van der Waals surface area contributed by atoms with E-state index in [1.807, 2.05) is 18.2 Å². The molecule has 104 valence electrons. The minimum atomic E-state index is -0.106. The number of rotatable bonds is 8. The number of thioether (sulfide) groups is 1. The number of benzene rings is 1. The van der Waals surface area contributed by atoms with Gasteiger partial charge in [-0.2, -0.15) is 11.8 Å². The van der Waals surface area contributed by atoms with Crippen molar-refractivity contribution in [3.8, 4) is 0 Å². The summed E-state index contributed by atoms with van der Waals surface area (Å²) in [6, 6.07) is 7.37. The van der Waals surface area contributed by atoms with Gasteiger partial charge in [0, 0.05) is 30.7 Å². The van der Waals surface area contributed by atoms with Crippen LogP contribution in [0.3, 0.4) is 0 Å². The van der Waals surface area contributed by atoms with Crippen LogP contribution in [0.1, 0.15) is 12.0 Å². The lowest BCUT2D eigenvalue weighted by molar-refractivity contribution is -0.116. The van der Waals surface area contributed by atoms with Crippen molar-refractivity contribution in [2.75, 3.05) is 30.4 Å². The van der Waals surface area contributed by atoms with E-state index in [1.165, 1.54) is 6.08 Å². The second kappa shape index (κ2) is 9.47.